The summed E-state index contributed by atoms with van der Waals surface area (Å²) in [6.45, 7) is 0.923. The predicted molar refractivity (Wildman–Crippen MR) is 80.2 cm³/mol. The minimum absolute atomic E-state index is 0.276. The Hall–Kier alpha value is -2.06. The van der Waals surface area contributed by atoms with Crippen molar-refractivity contribution >= 4 is 5.69 Å². The van der Waals surface area contributed by atoms with Crippen LogP contribution in [-0.4, -0.2) is 12.6 Å². The molecule has 2 heteroatoms. The molecule has 0 spiro atoms. The molecule has 0 saturated heterocycles. The molecule has 0 bridgehead atoms. The van der Waals surface area contributed by atoms with Crippen LogP contribution in [0.1, 0.15) is 11.6 Å². The van der Waals surface area contributed by atoms with Crippen molar-refractivity contribution in [1.29, 1.82) is 0 Å². The summed E-state index contributed by atoms with van der Waals surface area (Å²) >= 11 is 0. The number of nitrogens with one attached hydrogen (secondary N) is 2. The molecule has 1 aliphatic rings. The topological polar surface area (TPSA) is 24.1 Å². The Labute approximate surface area is 114 Å². The van der Waals surface area contributed by atoms with E-state index in [2.05, 4.69) is 77.4 Å². The second-order valence-electron chi connectivity index (χ2n) is 4.76. The lowest BCUT2D eigenvalue weighted by Crippen LogP contribution is -2.39. The highest BCUT2D eigenvalue weighted by Crippen LogP contribution is 2.23. The number of hydrogen-bond donors (Lipinski definition) is 2. The average Bonchev–Trinajstić information content (AvgIpc) is 2.50. The van der Waals surface area contributed by atoms with Gasteiger partial charge in [-0.3, -0.25) is 0 Å². The summed E-state index contributed by atoms with van der Waals surface area (Å²) in [4.78, 5) is 0. The van der Waals surface area contributed by atoms with E-state index in [0.29, 0.717) is 6.04 Å². The SMILES string of the molecule is C1=C[C@H](Nc2ccccc2)[C@@H](c2ccccc2)NC1. The van der Waals surface area contributed by atoms with E-state index < -0.39 is 0 Å². The van der Waals surface area contributed by atoms with Crippen LogP contribution < -0.4 is 10.6 Å². The van der Waals surface area contributed by atoms with Gasteiger partial charge in [-0.1, -0.05) is 60.7 Å². The van der Waals surface area contributed by atoms with Crippen LogP contribution in [-0.2, 0) is 0 Å². The van der Waals surface area contributed by atoms with E-state index in [9.17, 15) is 0 Å². The number of benzene rings is 2. The fourth-order valence-corrected chi connectivity index (χ4v) is 2.49. The molecule has 0 amide bonds. The molecule has 2 nitrogen and oxygen atoms in total. The van der Waals surface area contributed by atoms with Gasteiger partial charge in [-0.25, -0.2) is 0 Å². The van der Waals surface area contributed by atoms with Crippen molar-refractivity contribution in [3.63, 3.8) is 0 Å². The Kier molecular flexibility index (Phi) is 3.61. The quantitative estimate of drug-likeness (QED) is 0.816. The zero-order valence-corrected chi connectivity index (χ0v) is 10.8. The first-order valence-corrected chi connectivity index (χ1v) is 6.70. The van der Waals surface area contributed by atoms with Gasteiger partial charge in [0.1, 0.15) is 0 Å². The Balaban J connectivity index is 1.82. The van der Waals surface area contributed by atoms with Gasteiger partial charge in [-0.2, -0.15) is 0 Å². The van der Waals surface area contributed by atoms with Crippen molar-refractivity contribution in [2.24, 2.45) is 0 Å². The molecule has 19 heavy (non-hydrogen) atoms. The Bertz CT molecular complexity index is 534. The molecule has 1 aliphatic heterocycles. The second kappa shape index (κ2) is 5.72. The van der Waals surface area contributed by atoms with Crippen LogP contribution in [0.15, 0.2) is 72.8 Å². The number of hydrogen-bond acceptors (Lipinski definition) is 2. The highest BCUT2D eigenvalue weighted by Gasteiger charge is 2.22. The first-order valence-electron chi connectivity index (χ1n) is 6.70. The molecule has 0 unspecified atom stereocenters. The maximum atomic E-state index is 3.58. The molecule has 96 valence electrons. The normalized spacial score (nSPS) is 22.1. The number of para-hydroxylation sites is 1. The lowest BCUT2D eigenvalue weighted by atomic mass is 9.96. The van der Waals surface area contributed by atoms with E-state index in [1.54, 1.807) is 0 Å². The van der Waals surface area contributed by atoms with Gasteiger partial charge in [-0.15, -0.1) is 0 Å². The number of anilines is 1. The van der Waals surface area contributed by atoms with E-state index in [4.69, 9.17) is 0 Å². The van der Waals surface area contributed by atoms with E-state index in [1.165, 1.54) is 5.56 Å². The van der Waals surface area contributed by atoms with Crippen molar-refractivity contribution in [1.82, 2.24) is 5.32 Å². The Morgan fingerprint density at radius 2 is 1.58 bits per heavy atom. The third-order valence-electron chi connectivity index (χ3n) is 3.42. The maximum absolute atomic E-state index is 3.58. The van der Waals surface area contributed by atoms with E-state index in [0.717, 1.165) is 12.2 Å². The minimum Gasteiger partial charge on any atom is -0.377 e. The largest absolute Gasteiger partial charge is 0.377 e. The Morgan fingerprint density at radius 3 is 2.32 bits per heavy atom. The first-order chi connectivity index (χ1) is 9.43. The van der Waals surface area contributed by atoms with Crippen LogP contribution in [0.25, 0.3) is 0 Å². The van der Waals surface area contributed by atoms with Crippen LogP contribution >= 0.6 is 0 Å². The third-order valence-corrected chi connectivity index (χ3v) is 3.42. The van der Waals surface area contributed by atoms with E-state index in [-0.39, 0.29) is 6.04 Å². The number of rotatable bonds is 3. The molecule has 0 aromatic heterocycles. The van der Waals surface area contributed by atoms with Crippen LogP contribution in [0.4, 0.5) is 5.69 Å². The molecule has 0 saturated carbocycles. The fraction of sp³-hybridized carbons (Fsp3) is 0.176. The van der Waals surface area contributed by atoms with Crippen LogP contribution in [0.5, 0.6) is 0 Å². The zero-order valence-electron chi connectivity index (χ0n) is 10.8. The molecule has 0 aliphatic carbocycles. The van der Waals surface area contributed by atoms with Gasteiger partial charge < -0.3 is 10.6 Å². The lowest BCUT2D eigenvalue weighted by Gasteiger charge is -2.30. The van der Waals surface area contributed by atoms with Gasteiger partial charge in [0.05, 0.1) is 12.1 Å². The summed E-state index contributed by atoms with van der Waals surface area (Å²) in [5.74, 6) is 0. The first kappa shape index (κ1) is 12.0. The van der Waals surface area contributed by atoms with Gasteiger partial charge in [0, 0.05) is 12.2 Å². The standard InChI is InChI=1S/C17H18N2/c1-3-8-14(9-4-1)17-16(12-7-13-18-17)19-15-10-5-2-6-11-15/h1-12,16-19H,13H2/t16-,17+/m0/s1. The molecule has 1 heterocycles. The van der Waals surface area contributed by atoms with Crippen molar-refractivity contribution in [3.05, 3.63) is 78.4 Å². The van der Waals surface area contributed by atoms with Crippen molar-refractivity contribution < 1.29 is 0 Å². The van der Waals surface area contributed by atoms with Crippen molar-refractivity contribution in [2.45, 2.75) is 12.1 Å². The fourth-order valence-electron chi connectivity index (χ4n) is 2.49. The van der Waals surface area contributed by atoms with Crippen molar-refractivity contribution in [2.75, 3.05) is 11.9 Å². The second-order valence-corrected chi connectivity index (χ2v) is 4.76. The Morgan fingerprint density at radius 1 is 0.895 bits per heavy atom. The summed E-state index contributed by atoms with van der Waals surface area (Å²) < 4.78 is 0. The summed E-state index contributed by atoms with van der Waals surface area (Å²) in [6.07, 6.45) is 4.43. The smallest absolute Gasteiger partial charge is 0.0640 e. The summed E-state index contributed by atoms with van der Waals surface area (Å²) in [7, 11) is 0. The molecule has 3 rings (SSSR count). The molecule has 0 radical (unpaired) electrons. The highest BCUT2D eigenvalue weighted by molar-refractivity contribution is 5.46. The van der Waals surface area contributed by atoms with Gasteiger partial charge in [0.2, 0.25) is 0 Å². The molecule has 0 fully saturated rings. The maximum Gasteiger partial charge on any atom is 0.0640 e. The molecule has 2 N–H and O–H groups in total. The van der Waals surface area contributed by atoms with Gasteiger partial charge in [-0.05, 0) is 17.7 Å². The zero-order chi connectivity index (χ0) is 12.9. The molecule has 2 aromatic carbocycles. The summed E-state index contributed by atoms with van der Waals surface area (Å²) in [5, 5.41) is 7.14. The van der Waals surface area contributed by atoms with Crippen molar-refractivity contribution in [3.8, 4) is 0 Å². The highest BCUT2D eigenvalue weighted by atomic mass is 15.0. The molecule has 2 atom stereocenters. The van der Waals surface area contributed by atoms with Gasteiger partial charge in [0.15, 0.2) is 0 Å². The molecule has 2 aromatic rings. The predicted octanol–water partition coefficient (Wildman–Crippen LogP) is 3.37. The lowest BCUT2D eigenvalue weighted by molar-refractivity contribution is 0.516. The average molecular weight is 250 g/mol. The van der Waals surface area contributed by atoms with Crippen LogP contribution in [0.2, 0.25) is 0 Å². The van der Waals surface area contributed by atoms with Gasteiger partial charge in [0.25, 0.3) is 0 Å². The van der Waals surface area contributed by atoms with E-state index >= 15 is 0 Å². The van der Waals surface area contributed by atoms with Gasteiger partial charge >= 0.3 is 0 Å². The van der Waals surface area contributed by atoms with Crippen LogP contribution in [0, 0.1) is 0 Å². The van der Waals surface area contributed by atoms with Crippen LogP contribution in [0.3, 0.4) is 0 Å². The molecular formula is C17H18N2. The third kappa shape index (κ3) is 2.85. The monoisotopic (exact) mass is 250 g/mol. The molecular weight excluding hydrogens is 232 g/mol. The van der Waals surface area contributed by atoms with E-state index in [1.807, 2.05) is 6.07 Å². The minimum atomic E-state index is 0.276. The summed E-state index contributed by atoms with van der Waals surface area (Å²) in [6, 6.07) is 21.5. The summed E-state index contributed by atoms with van der Waals surface area (Å²) in [5.41, 5.74) is 2.47.